The van der Waals surface area contributed by atoms with E-state index in [-0.39, 0.29) is 11.7 Å². The van der Waals surface area contributed by atoms with Gasteiger partial charge in [0.15, 0.2) is 5.16 Å². The smallest absolute Gasteiger partial charge is 0.234 e. The Morgan fingerprint density at radius 2 is 1.92 bits per heavy atom. The molecule has 5 nitrogen and oxygen atoms in total. The molecule has 1 aromatic heterocycles. The van der Waals surface area contributed by atoms with Crippen molar-refractivity contribution in [3.63, 3.8) is 0 Å². The molecule has 1 heterocycles. The summed E-state index contributed by atoms with van der Waals surface area (Å²) in [5, 5.41) is 11.8. The zero-order chi connectivity index (χ0) is 17.8. The van der Waals surface area contributed by atoms with Gasteiger partial charge in [-0.3, -0.25) is 9.36 Å². The molecule has 1 amide bonds. The molecule has 0 saturated heterocycles. The number of rotatable bonds is 5. The van der Waals surface area contributed by atoms with Crippen LogP contribution >= 0.6 is 11.8 Å². The molecule has 0 saturated carbocycles. The van der Waals surface area contributed by atoms with Gasteiger partial charge in [0.25, 0.3) is 0 Å². The highest BCUT2D eigenvalue weighted by Gasteiger charge is 2.12. The van der Waals surface area contributed by atoms with Crippen LogP contribution in [0.3, 0.4) is 0 Å². The highest BCUT2D eigenvalue weighted by atomic mass is 32.2. The number of carbonyl (C=O) groups is 1. The minimum absolute atomic E-state index is 0.0574. The third-order valence-corrected chi connectivity index (χ3v) is 4.83. The summed E-state index contributed by atoms with van der Waals surface area (Å²) in [7, 11) is 0. The first-order valence-electron chi connectivity index (χ1n) is 8.00. The average molecular weight is 352 g/mol. The molecule has 0 bridgehead atoms. The van der Waals surface area contributed by atoms with Gasteiger partial charge < -0.3 is 5.32 Å². The summed E-state index contributed by atoms with van der Waals surface area (Å²) in [6.07, 6.45) is 1.67. The van der Waals surface area contributed by atoms with Crippen LogP contribution in [0.15, 0.2) is 53.9 Å². The minimum atomic E-state index is -0.0574. The quantitative estimate of drug-likeness (QED) is 0.707. The van der Waals surface area contributed by atoms with E-state index in [1.807, 2.05) is 67.8 Å². The van der Waals surface area contributed by atoms with E-state index in [2.05, 4.69) is 15.5 Å². The zero-order valence-corrected chi connectivity index (χ0v) is 15.3. The number of aryl methyl sites for hydroxylation is 3. The van der Waals surface area contributed by atoms with Crippen molar-refractivity contribution in [1.29, 1.82) is 0 Å². The molecule has 0 aliphatic rings. The van der Waals surface area contributed by atoms with Crippen LogP contribution in [-0.2, 0) is 4.79 Å². The molecular weight excluding hydrogens is 332 g/mol. The molecule has 0 unspecified atom stereocenters. The second kappa shape index (κ2) is 7.53. The molecule has 3 aromatic rings. The highest BCUT2D eigenvalue weighted by molar-refractivity contribution is 7.99. The second-order valence-corrected chi connectivity index (χ2v) is 6.87. The van der Waals surface area contributed by atoms with E-state index in [1.165, 1.54) is 11.8 Å². The SMILES string of the molecule is Cc1ccc(C)c(NC(=O)CSc2nncn2-c2ccccc2C)c1. The van der Waals surface area contributed by atoms with Gasteiger partial charge in [0.05, 0.1) is 11.4 Å². The van der Waals surface area contributed by atoms with E-state index in [0.29, 0.717) is 5.16 Å². The van der Waals surface area contributed by atoms with Crippen LogP contribution in [0.4, 0.5) is 5.69 Å². The normalized spacial score (nSPS) is 10.7. The number of amides is 1. The number of hydrogen-bond acceptors (Lipinski definition) is 4. The topological polar surface area (TPSA) is 59.8 Å². The first-order chi connectivity index (χ1) is 12.0. The van der Waals surface area contributed by atoms with Crippen molar-refractivity contribution < 1.29 is 4.79 Å². The van der Waals surface area contributed by atoms with Crippen LogP contribution in [0.1, 0.15) is 16.7 Å². The van der Waals surface area contributed by atoms with Crippen LogP contribution in [0, 0.1) is 20.8 Å². The van der Waals surface area contributed by atoms with Crippen molar-refractivity contribution in [2.45, 2.75) is 25.9 Å². The van der Waals surface area contributed by atoms with E-state index in [1.54, 1.807) is 6.33 Å². The first-order valence-corrected chi connectivity index (χ1v) is 8.99. The Hall–Kier alpha value is -2.60. The molecule has 1 N–H and O–H groups in total. The summed E-state index contributed by atoms with van der Waals surface area (Å²) < 4.78 is 1.91. The predicted molar refractivity (Wildman–Crippen MR) is 101 cm³/mol. The van der Waals surface area contributed by atoms with Gasteiger partial charge in [0.1, 0.15) is 6.33 Å². The van der Waals surface area contributed by atoms with Crippen LogP contribution in [-0.4, -0.2) is 26.4 Å². The Labute approximate surface area is 151 Å². The Balaban J connectivity index is 1.69. The average Bonchev–Trinajstić information content (AvgIpc) is 3.05. The number of anilines is 1. The van der Waals surface area contributed by atoms with E-state index in [9.17, 15) is 4.79 Å². The van der Waals surface area contributed by atoms with Crippen molar-refractivity contribution in [1.82, 2.24) is 14.8 Å². The molecule has 0 aliphatic heterocycles. The van der Waals surface area contributed by atoms with Gasteiger partial charge in [0.2, 0.25) is 5.91 Å². The molecule has 25 heavy (non-hydrogen) atoms. The number of hydrogen-bond donors (Lipinski definition) is 1. The molecule has 0 radical (unpaired) electrons. The Morgan fingerprint density at radius 3 is 2.72 bits per heavy atom. The summed E-state index contributed by atoms with van der Waals surface area (Å²) in [5.41, 5.74) is 5.17. The summed E-state index contributed by atoms with van der Waals surface area (Å²) in [6, 6.07) is 14.0. The maximum absolute atomic E-state index is 12.3. The van der Waals surface area contributed by atoms with Gasteiger partial charge in [-0.15, -0.1) is 10.2 Å². The molecule has 0 atom stereocenters. The number of nitrogens with zero attached hydrogens (tertiary/aromatic N) is 3. The Morgan fingerprint density at radius 1 is 1.12 bits per heavy atom. The fraction of sp³-hybridized carbons (Fsp3) is 0.211. The first kappa shape index (κ1) is 17.2. The van der Waals surface area contributed by atoms with Gasteiger partial charge in [-0.2, -0.15) is 0 Å². The second-order valence-electron chi connectivity index (χ2n) is 5.93. The fourth-order valence-electron chi connectivity index (χ4n) is 2.51. The minimum Gasteiger partial charge on any atom is -0.325 e. The lowest BCUT2D eigenvalue weighted by Gasteiger charge is -2.10. The maximum atomic E-state index is 12.3. The van der Waals surface area contributed by atoms with Gasteiger partial charge >= 0.3 is 0 Å². The molecule has 6 heteroatoms. The summed E-state index contributed by atoms with van der Waals surface area (Å²) in [6.45, 7) is 6.03. The molecule has 2 aromatic carbocycles. The van der Waals surface area contributed by atoms with Crippen molar-refractivity contribution >= 4 is 23.4 Å². The largest absolute Gasteiger partial charge is 0.325 e. The van der Waals surface area contributed by atoms with Crippen LogP contribution in [0.2, 0.25) is 0 Å². The van der Waals surface area contributed by atoms with E-state index in [4.69, 9.17) is 0 Å². The lowest BCUT2D eigenvalue weighted by Crippen LogP contribution is -2.15. The molecular formula is C19H20N4OS. The van der Waals surface area contributed by atoms with Crippen molar-refractivity contribution in [3.05, 3.63) is 65.5 Å². The van der Waals surface area contributed by atoms with E-state index < -0.39 is 0 Å². The highest BCUT2D eigenvalue weighted by Crippen LogP contribution is 2.22. The summed E-state index contributed by atoms with van der Waals surface area (Å²) >= 11 is 1.37. The molecule has 0 fully saturated rings. The van der Waals surface area contributed by atoms with Gasteiger partial charge in [0, 0.05) is 5.69 Å². The Kier molecular flexibility index (Phi) is 5.19. The van der Waals surface area contributed by atoms with Crippen LogP contribution in [0.25, 0.3) is 5.69 Å². The van der Waals surface area contributed by atoms with Crippen LogP contribution in [0.5, 0.6) is 0 Å². The molecule has 0 spiro atoms. The lowest BCUT2D eigenvalue weighted by atomic mass is 10.1. The number of thioether (sulfide) groups is 1. The number of carbonyl (C=O) groups excluding carboxylic acids is 1. The standard InChI is InChI=1S/C19H20N4OS/c1-13-8-9-14(2)16(10-13)21-18(24)11-25-19-22-20-12-23(19)17-7-5-4-6-15(17)3/h4-10,12H,11H2,1-3H3,(H,21,24). The number of benzene rings is 2. The molecule has 0 aliphatic carbocycles. The fourth-order valence-corrected chi connectivity index (χ4v) is 3.23. The van der Waals surface area contributed by atoms with Crippen molar-refractivity contribution in [2.24, 2.45) is 0 Å². The maximum Gasteiger partial charge on any atom is 0.234 e. The molecule has 128 valence electrons. The molecule has 3 rings (SSSR count). The monoisotopic (exact) mass is 352 g/mol. The van der Waals surface area contributed by atoms with Gasteiger partial charge in [-0.25, -0.2) is 0 Å². The predicted octanol–water partition coefficient (Wildman–Crippen LogP) is 3.92. The van der Waals surface area contributed by atoms with Gasteiger partial charge in [-0.05, 0) is 49.6 Å². The Bertz CT molecular complexity index is 904. The van der Waals surface area contributed by atoms with E-state index >= 15 is 0 Å². The lowest BCUT2D eigenvalue weighted by molar-refractivity contribution is -0.113. The number of aromatic nitrogens is 3. The summed E-state index contributed by atoms with van der Waals surface area (Å²) in [4.78, 5) is 12.3. The third-order valence-electron chi connectivity index (χ3n) is 3.89. The van der Waals surface area contributed by atoms with E-state index in [0.717, 1.165) is 28.1 Å². The number of para-hydroxylation sites is 1. The van der Waals surface area contributed by atoms with Crippen molar-refractivity contribution in [3.8, 4) is 5.69 Å². The van der Waals surface area contributed by atoms with Gasteiger partial charge in [-0.1, -0.05) is 42.1 Å². The van der Waals surface area contributed by atoms with Crippen LogP contribution < -0.4 is 5.32 Å². The summed E-state index contributed by atoms with van der Waals surface area (Å²) in [5.74, 6) is 0.218. The third kappa shape index (κ3) is 4.09. The number of nitrogens with one attached hydrogen (secondary N) is 1. The van der Waals surface area contributed by atoms with Crippen molar-refractivity contribution in [2.75, 3.05) is 11.1 Å². The zero-order valence-electron chi connectivity index (χ0n) is 14.5.